The van der Waals surface area contributed by atoms with Gasteiger partial charge in [0.05, 0.1) is 6.20 Å². The Hall–Kier alpha value is -1.29. The Kier molecular flexibility index (Phi) is 4.07. The Morgan fingerprint density at radius 2 is 2.39 bits per heavy atom. The molecule has 2 rings (SSSR count). The first-order chi connectivity index (χ1) is 8.68. The lowest BCUT2D eigenvalue weighted by molar-refractivity contribution is -0.0514. The number of hydrogen-bond donors (Lipinski definition) is 0. The quantitative estimate of drug-likeness (QED) is 0.769. The Bertz CT molecular complexity index is 404. The van der Waals surface area contributed by atoms with Crippen molar-refractivity contribution in [2.24, 2.45) is 5.92 Å². The minimum Gasteiger partial charge on any atom is -0.367 e. The first-order valence-corrected chi connectivity index (χ1v) is 6.63. The maximum atomic E-state index is 12.6. The first kappa shape index (κ1) is 13.1. The Morgan fingerprint density at radius 3 is 3.00 bits per heavy atom. The molecule has 2 unspecified atom stereocenters. The van der Waals surface area contributed by atoms with E-state index in [0.717, 1.165) is 19.3 Å². The SMILES string of the molecule is CCOC1(C(=O)c2cnccn2)CCCC(C)C1. The van der Waals surface area contributed by atoms with Crippen molar-refractivity contribution in [2.45, 2.75) is 45.1 Å². The average molecular weight is 248 g/mol. The van der Waals surface area contributed by atoms with E-state index in [1.165, 1.54) is 12.6 Å². The van der Waals surface area contributed by atoms with Gasteiger partial charge in [0.2, 0.25) is 5.78 Å². The molecule has 0 bridgehead atoms. The zero-order valence-electron chi connectivity index (χ0n) is 11.1. The van der Waals surface area contributed by atoms with Crippen LogP contribution in [0.1, 0.15) is 50.0 Å². The van der Waals surface area contributed by atoms with Crippen LogP contribution in [-0.4, -0.2) is 28.0 Å². The molecule has 0 saturated heterocycles. The molecular formula is C14H20N2O2. The van der Waals surface area contributed by atoms with Gasteiger partial charge in [-0.2, -0.15) is 0 Å². The van der Waals surface area contributed by atoms with E-state index in [1.54, 1.807) is 12.4 Å². The largest absolute Gasteiger partial charge is 0.367 e. The molecule has 0 aromatic carbocycles. The van der Waals surface area contributed by atoms with Gasteiger partial charge in [-0.05, 0) is 32.1 Å². The van der Waals surface area contributed by atoms with E-state index < -0.39 is 5.60 Å². The Morgan fingerprint density at radius 1 is 1.56 bits per heavy atom. The van der Waals surface area contributed by atoms with Crippen molar-refractivity contribution in [3.8, 4) is 0 Å². The molecule has 2 atom stereocenters. The van der Waals surface area contributed by atoms with Crippen molar-refractivity contribution in [3.63, 3.8) is 0 Å². The topological polar surface area (TPSA) is 52.1 Å². The summed E-state index contributed by atoms with van der Waals surface area (Å²) in [6.45, 7) is 4.67. The third-order valence-electron chi connectivity index (χ3n) is 3.59. The summed E-state index contributed by atoms with van der Waals surface area (Å²) in [6.07, 6.45) is 8.45. The normalized spacial score (nSPS) is 28.0. The number of ether oxygens (including phenoxy) is 1. The average Bonchev–Trinajstić information content (AvgIpc) is 2.39. The van der Waals surface area contributed by atoms with Crippen LogP contribution < -0.4 is 0 Å². The highest BCUT2D eigenvalue weighted by Crippen LogP contribution is 2.37. The van der Waals surface area contributed by atoms with Crippen LogP contribution in [0.4, 0.5) is 0 Å². The lowest BCUT2D eigenvalue weighted by Gasteiger charge is -2.38. The van der Waals surface area contributed by atoms with E-state index in [2.05, 4.69) is 16.9 Å². The van der Waals surface area contributed by atoms with E-state index in [0.29, 0.717) is 18.2 Å². The maximum absolute atomic E-state index is 12.6. The number of carbonyl (C=O) groups excluding carboxylic acids is 1. The summed E-state index contributed by atoms with van der Waals surface area (Å²) in [4.78, 5) is 20.7. The van der Waals surface area contributed by atoms with Gasteiger partial charge >= 0.3 is 0 Å². The van der Waals surface area contributed by atoms with Gasteiger partial charge in [-0.15, -0.1) is 0 Å². The summed E-state index contributed by atoms with van der Waals surface area (Å²) in [5.41, 5.74) is -0.261. The fourth-order valence-corrected chi connectivity index (χ4v) is 2.83. The third kappa shape index (κ3) is 2.58. The summed E-state index contributed by atoms with van der Waals surface area (Å²) in [7, 11) is 0. The maximum Gasteiger partial charge on any atom is 0.214 e. The van der Waals surface area contributed by atoms with Crippen molar-refractivity contribution in [1.29, 1.82) is 0 Å². The zero-order chi connectivity index (χ0) is 13.0. The molecule has 4 nitrogen and oxygen atoms in total. The van der Waals surface area contributed by atoms with Gasteiger partial charge < -0.3 is 4.74 Å². The smallest absolute Gasteiger partial charge is 0.214 e. The van der Waals surface area contributed by atoms with Gasteiger partial charge in [0, 0.05) is 19.0 Å². The molecule has 1 heterocycles. The standard InChI is InChI=1S/C14H20N2O2/c1-3-18-14(6-4-5-11(2)9-14)13(17)12-10-15-7-8-16-12/h7-8,10-11H,3-6,9H2,1-2H3. The summed E-state index contributed by atoms with van der Waals surface area (Å²) in [6, 6.07) is 0. The lowest BCUT2D eigenvalue weighted by atomic mass is 9.75. The van der Waals surface area contributed by atoms with Crippen LogP contribution in [0.3, 0.4) is 0 Å². The van der Waals surface area contributed by atoms with Crippen LogP contribution in [-0.2, 0) is 4.74 Å². The van der Waals surface area contributed by atoms with Crippen LogP contribution in [0.15, 0.2) is 18.6 Å². The Labute approximate surface area is 108 Å². The van der Waals surface area contributed by atoms with Crippen LogP contribution in [0.5, 0.6) is 0 Å². The number of ketones is 1. The first-order valence-electron chi connectivity index (χ1n) is 6.63. The molecule has 1 aromatic rings. The predicted octanol–water partition coefficient (Wildman–Crippen LogP) is 2.64. The molecule has 1 aliphatic rings. The zero-order valence-corrected chi connectivity index (χ0v) is 11.1. The summed E-state index contributed by atoms with van der Waals surface area (Å²) < 4.78 is 5.84. The van der Waals surface area contributed by atoms with E-state index in [9.17, 15) is 4.79 Å². The number of rotatable bonds is 4. The number of carbonyl (C=O) groups is 1. The summed E-state index contributed by atoms with van der Waals surface area (Å²) in [5.74, 6) is 0.509. The number of hydrogen-bond acceptors (Lipinski definition) is 4. The number of Topliss-reactive ketones (excluding diaryl/α,β-unsaturated/α-hetero) is 1. The monoisotopic (exact) mass is 248 g/mol. The molecule has 0 spiro atoms. The highest BCUT2D eigenvalue weighted by atomic mass is 16.5. The van der Waals surface area contributed by atoms with Gasteiger partial charge in [0.15, 0.2) is 0 Å². The van der Waals surface area contributed by atoms with E-state index in [4.69, 9.17) is 4.74 Å². The minimum absolute atomic E-state index is 0.0102. The van der Waals surface area contributed by atoms with Crippen LogP contribution in [0.2, 0.25) is 0 Å². The van der Waals surface area contributed by atoms with Crippen LogP contribution >= 0.6 is 0 Å². The van der Waals surface area contributed by atoms with Crippen LogP contribution in [0, 0.1) is 5.92 Å². The van der Waals surface area contributed by atoms with Gasteiger partial charge in [0.1, 0.15) is 11.3 Å². The highest BCUT2D eigenvalue weighted by Gasteiger charge is 2.43. The van der Waals surface area contributed by atoms with Crippen molar-refractivity contribution in [2.75, 3.05) is 6.61 Å². The lowest BCUT2D eigenvalue weighted by Crippen LogP contribution is -2.45. The molecule has 98 valence electrons. The summed E-state index contributed by atoms with van der Waals surface area (Å²) in [5, 5.41) is 0. The summed E-state index contributed by atoms with van der Waals surface area (Å²) >= 11 is 0. The molecule has 1 aliphatic carbocycles. The highest BCUT2D eigenvalue weighted by molar-refractivity contribution is 6.00. The van der Waals surface area contributed by atoms with Crippen molar-refractivity contribution in [1.82, 2.24) is 9.97 Å². The van der Waals surface area contributed by atoms with Crippen molar-refractivity contribution < 1.29 is 9.53 Å². The van der Waals surface area contributed by atoms with Crippen molar-refractivity contribution in [3.05, 3.63) is 24.3 Å². The second-order valence-electron chi connectivity index (χ2n) is 5.05. The third-order valence-corrected chi connectivity index (χ3v) is 3.59. The second-order valence-corrected chi connectivity index (χ2v) is 5.05. The Balaban J connectivity index is 2.27. The molecule has 0 radical (unpaired) electrons. The van der Waals surface area contributed by atoms with Gasteiger partial charge in [-0.3, -0.25) is 9.78 Å². The molecule has 4 heteroatoms. The van der Waals surface area contributed by atoms with Crippen molar-refractivity contribution >= 4 is 5.78 Å². The molecular weight excluding hydrogens is 228 g/mol. The molecule has 0 N–H and O–H groups in total. The van der Waals surface area contributed by atoms with Gasteiger partial charge in [0.25, 0.3) is 0 Å². The fourth-order valence-electron chi connectivity index (χ4n) is 2.83. The second kappa shape index (κ2) is 5.57. The van der Waals surface area contributed by atoms with E-state index in [1.807, 2.05) is 6.92 Å². The van der Waals surface area contributed by atoms with Crippen LogP contribution in [0.25, 0.3) is 0 Å². The molecule has 1 aromatic heterocycles. The molecule has 0 amide bonds. The van der Waals surface area contributed by atoms with Gasteiger partial charge in [-0.1, -0.05) is 13.3 Å². The molecule has 18 heavy (non-hydrogen) atoms. The van der Waals surface area contributed by atoms with E-state index >= 15 is 0 Å². The minimum atomic E-state index is -0.678. The fraction of sp³-hybridized carbons (Fsp3) is 0.643. The molecule has 1 saturated carbocycles. The predicted molar refractivity (Wildman–Crippen MR) is 68.4 cm³/mol. The van der Waals surface area contributed by atoms with E-state index in [-0.39, 0.29) is 5.78 Å². The number of nitrogens with zero attached hydrogens (tertiary/aromatic N) is 2. The number of aromatic nitrogens is 2. The molecule has 0 aliphatic heterocycles. The molecule has 1 fully saturated rings. The van der Waals surface area contributed by atoms with Gasteiger partial charge in [-0.25, -0.2) is 4.98 Å².